The molecule has 0 spiro atoms. The third-order valence-electron chi connectivity index (χ3n) is 4.10. The van der Waals surface area contributed by atoms with Crippen LogP contribution in [0.3, 0.4) is 0 Å². The fraction of sp³-hybridized carbons (Fsp3) is 0.571. The lowest BCUT2D eigenvalue weighted by atomic mass is 10.0. The maximum absolute atomic E-state index is 11.7. The van der Waals surface area contributed by atoms with Crippen LogP contribution in [-0.4, -0.2) is 19.4 Å². The van der Waals surface area contributed by atoms with Gasteiger partial charge < -0.3 is 5.32 Å². The van der Waals surface area contributed by atoms with Crippen molar-refractivity contribution in [2.45, 2.75) is 50.0 Å². The largest absolute Gasteiger partial charge is 0.381 e. The molecule has 3 N–H and O–H groups in total. The van der Waals surface area contributed by atoms with E-state index in [0.29, 0.717) is 11.6 Å². The van der Waals surface area contributed by atoms with E-state index in [1.165, 1.54) is 18.6 Å². The maximum atomic E-state index is 11.7. The molecule has 1 aromatic carbocycles. The quantitative estimate of drug-likeness (QED) is 0.501. The van der Waals surface area contributed by atoms with E-state index in [4.69, 9.17) is 5.14 Å². The van der Waals surface area contributed by atoms with Crippen molar-refractivity contribution >= 4 is 21.4 Å². The molecule has 1 saturated carbocycles. The van der Waals surface area contributed by atoms with Gasteiger partial charge in [-0.15, -0.1) is 0 Å². The predicted octanol–water partition coefficient (Wildman–Crippen LogP) is 2.62. The number of nitro benzene ring substituents is 1. The normalized spacial score (nSPS) is 22.8. The summed E-state index contributed by atoms with van der Waals surface area (Å²) in [5.41, 5.74) is 0.0525. The molecule has 0 heterocycles. The van der Waals surface area contributed by atoms with Gasteiger partial charge in [0.05, 0.1) is 10.6 Å². The van der Waals surface area contributed by atoms with Crippen molar-refractivity contribution in [3.05, 3.63) is 28.3 Å². The zero-order valence-electron chi connectivity index (χ0n) is 12.5. The number of nitro groups is 1. The first-order valence-corrected chi connectivity index (χ1v) is 8.90. The van der Waals surface area contributed by atoms with E-state index in [2.05, 4.69) is 12.2 Å². The van der Waals surface area contributed by atoms with Crippen LogP contribution in [-0.2, 0) is 10.0 Å². The van der Waals surface area contributed by atoms with Gasteiger partial charge in [0.2, 0.25) is 10.0 Å². The van der Waals surface area contributed by atoms with Crippen LogP contribution in [0.25, 0.3) is 0 Å². The number of benzene rings is 1. The number of rotatable bonds is 4. The Balaban J connectivity index is 2.28. The van der Waals surface area contributed by atoms with Crippen LogP contribution >= 0.6 is 0 Å². The van der Waals surface area contributed by atoms with E-state index >= 15 is 0 Å². The Morgan fingerprint density at radius 3 is 2.64 bits per heavy atom. The molecule has 2 rings (SSSR count). The molecule has 1 fully saturated rings. The van der Waals surface area contributed by atoms with Gasteiger partial charge in [-0.1, -0.05) is 19.8 Å². The number of hydrogen-bond donors (Lipinski definition) is 2. The molecule has 0 amide bonds. The van der Waals surface area contributed by atoms with Crippen molar-refractivity contribution in [2.75, 3.05) is 5.32 Å². The van der Waals surface area contributed by atoms with Crippen LogP contribution in [0, 0.1) is 16.0 Å². The fourth-order valence-electron chi connectivity index (χ4n) is 2.83. The molecule has 0 aromatic heterocycles. The fourth-order valence-corrected chi connectivity index (χ4v) is 3.55. The minimum Gasteiger partial charge on any atom is -0.381 e. The van der Waals surface area contributed by atoms with Crippen molar-refractivity contribution < 1.29 is 13.3 Å². The van der Waals surface area contributed by atoms with Crippen LogP contribution in [0.1, 0.15) is 39.0 Å². The summed E-state index contributed by atoms with van der Waals surface area (Å²) in [5.74, 6) is 0.668. The summed E-state index contributed by atoms with van der Waals surface area (Å²) in [7, 11) is -4.03. The van der Waals surface area contributed by atoms with E-state index in [-0.39, 0.29) is 16.6 Å². The summed E-state index contributed by atoms with van der Waals surface area (Å²) in [4.78, 5) is 9.96. The first-order chi connectivity index (χ1) is 10.3. The van der Waals surface area contributed by atoms with Gasteiger partial charge in [-0.25, -0.2) is 13.6 Å². The Labute approximate surface area is 130 Å². The molecule has 0 saturated heterocycles. The van der Waals surface area contributed by atoms with E-state index in [9.17, 15) is 18.5 Å². The van der Waals surface area contributed by atoms with Gasteiger partial charge in [0.1, 0.15) is 4.90 Å². The number of anilines is 1. The molecule has 1 aromatic rings. The van der Waals surface area contributed by atoms with E-state index in [0.717, 1.165) is 31.7 Å². The van der Waals surface area contributed by atoms with Crippen molar-refractivity contribution in [3.8, 4) is 0 Å². The van der Waals surface area contributed by atoms with Crippen LogP contribution in [0.4, 0.5) is 11.4 Å². The molecular weight excluding hydrogens is 306 g/mol. The molecule has 22 heavy (non-hydrogen) atoms. The van der Waals surface area contributed by atoms with Gasteiger partial charge in [-0.3, -0.25) is 10.1 Å². The SMILES string of the molecule is CC1CCCC(Nc2ccc([N+](=O)[O-])cc2S(N)(=O)=O)CC1. The standard InChI is InChI=1S/C14H21N3O4S/c1-10-3-2-4-11(6-5-10)16-13-8-7-12(17(18)19)9-14(13)22(15,20)21/h7-11,16H,2-6H2,1H3,(H2,15,20,21). The lowest BCUT2D eigenvalue weighted by Crippen LogP contribution is -2.22. The third kappa shape index (κ3) is 4.17. The lowest BCUT2D eigenvalue weighted by molar-refractivity contribution is -0.385. The van der Waals surface area contributed by atoms with Crippen molar-refractivity contribution in [1.29, 1.82) is 0 Å². The summed E-state index contributed by atoms with van der Waals surface area (Å²) >= 11 is 0. The highest BCUT2D eigenvalue weighted by Crippen LogP contribution is 2.29. The molecule has 7 nitrogen and oxygen atoms in total. The molecule has 0 radical (unpaired) electrons. The maximum Gasteiger partial charge on any atom is 0.270 e. The second kappa shape index (κ2) is 6.62. The first-order valence-electron chi connectivity index (χ1n) is 7.35. The molecular formula is C14H21N3O4S. The minimum atomic E-state index is -4.03. The second-order valence-corrected chi connectivity index (χ2v) is 7.47. The summed E-state index contributed by atoms with van der Waals surface area (Å²) in [5, 5.41) is 19.2. The minimum absolute atomic E-state index is 0.159. The Bertz CT molecular complexity index is 660. The summed E-state index contributed by atoms with van der Waals surface area (Å²) < 4.78 is 23.4. The molecule has 8 heteroatoms. The van der Waals surface area contributed by atoms with Gasteiger partial charge in [0, 0.05) is 18.2 Å². The Morgan fingerprint density at radius 2 is 2.00 bits per heavy atom. The number of nitrogens with two attached hydrogens (primary N) is 1. The zero-order chi connectivity index (χ0) is 16.3. The molecule has 1 aliphatic rings. The van der Waals surface area contributed by atoms with Gasteiger partial charge >= 0.3 is 0 Å². The molecule has 122 valence electrons. The van der Waals surface area contributed by atoms with Crippen LogP contribution in [0.5, 0.6) is 0 Å². The van der Waals surface area contributed by atoms with E-state index in [1.54, 1.807) is 0 Å². The van der Waals surface area contributed by atoms with Gasteiger partial charge in [0.15, 0.2) is 0 Å². The molecule has 2 atom stereocenters. The number of nitrogens with zero attached hydrogens (tertiary/aromatic N) is 1. The smallest absolute Gasteiger partial charge is 0.270 e. The van der Waals surface area contributed by atoms with Gasteiger partial charge in [0.25, 0.3) is 5.69 Å². The monoisotopic (exact) mass is 327 g/mol. The van der Waals surface area contributed by atoms with Crippen LogP contribution in [0.2, 0.25) is 0 Å². The average Bonchev–Trinajstić information content (AvgIpc) is 2.63. The highest BCUT2D eigenvalue weighted by molar-refractivity contribution is 7.89. The number of non-ortho nitro benzene ring substituents is 1. The molecule has 1 aliphatic carbocycles. The molecule has 0 bridgehead atoms. The van der Waals surface area contributed by atoms with Crippen molar-refractivity contribution in [2.24, 2.45) is 11.1 Å². The molecule has 2 unspecified atom stereocenters. The van der Waals surface area contributed by atoms with Crippen LogP contribution < -0.4 is 10.5 Å². The van der Waals surface area contributed by atoms with Gasteiger partial charge in [-0.2, -0.15) is 0 Å². The highest BCUT2D eigenvalue weighted by Gasteiger charge is 2.22. The first kappa shape index (κ1) is 16.7. The molecule has 0 aliphatic heterocycles. The summed E-state index contributed by atoms with van der Waals surface area (Å²) in [6.45, 7) is 2.21. The highest BCUT2D eigenvalue weighted by atomic mass is 32.2. The number of nitrogens with one attached hydrogen (secondary N) is 1. The Hall–Kier alpha value is -1.67. The van der Waals surface area contributed by atoms with Crippen LogP contribution in [0.15, 0.2) is 23.1 Å². The van der Waals surface area contributed by atoms with Crippen molar-refractivity contribution in [1.82, 2.24) is 0 Å². The van der Waals surface area contributed by atoms with Crippen molar-refractivity contribution in [3.63, 3.8) is 0 Å². The Kier molecular flexibility index (Phi) is 5.02. The lowest BCUT2D eigenvalue weighted by Gasteiger charge is -2.19. The zero-order valence-corrected chi connectivity index (χ0v) is 13.3. The summed E-state index contributed by atoms with van der Waals surface area (Å²) in [6.07, 6.45) is 5.22. The number of sulfonamides is 1. The predicted molar refractivity (Wildman–Crippen MR) is 84.1 cm³/mol. The van der Waals surface area contributed by atoms with E-state index < -0.39 is 14.9 Å². The number of hydrogen-bond acceptors (Lipinski definition) is 5. The average molecular weight is 327 g/mol. The third-order valence-corrected chi connectivity index (χ3v) is 5.05. The summed E-state index contributed by atoms with van der Waals surface area (Å²) in [6, 6.07) is 3.88. The topological polar surface area (TPSA) is 115 Å². The Morgan fingerprint density at radius 1 is 1.27 bits per heavy atom. The van der Waals surface area contributed by atoms with E-state index in [1.807, 2.05) is 0 Å². The van der Waals surface area contributed by atoms with Gasteiger partial charge in [-0.05, 0) is 31.2 Å². The number of primary sulfonamides is 1. The second-order valence-electron chi connectivity index (χ2n) is 5.94.